The summed E-state index contributed by atoms with van der Waals surface area (Å²) in [4.78, 5) is 44.8. The Morgan fingerprint density at radius 3 is 2.11 bits per heavy atom. The van der Waals surface area contributed by atoms with Crippen LogP contribution in [-0.4, -0.2) is 23.6 Å². The maximum atomic E-state index is 13.3. The summed E-state index contributed by atoms with van der Waals surface area (Å²) in [5, 5.41) is 2.25. The Morgan fingerprint density at radius 2 is 1.43 bits per heavy atom. The Morgan fingerprint density at radius 1 is 0.804 bits per heavy atom. The molecule has 46 heavy (non-hydrogen) atoms. The molecule has 0 aliphatic carbocycles. The molecule has 0 unspecified atom stereocenters. The summed E-state index contributed by atoms with van der Waals surface area (Å²) in [6.45, 7) is 2.25. The number of carbonyl (C=O) groups is 3. The number of rotatable bonds is 17. The zero-order chi connectivity index (χ0) is 33.1. The second-order valence-corrected chi connectivity index (χ2v) is 13.6. The molecule has 2 heterocycles. The number of unbranched alkanes of at least 4 members (excludes halogenated alkanes) is 10. The number of allylic oxidation sites excluding steroid dienone is 2. The van der Waals surface area contributed by atoms with Crippen LogP contribution in [0.1, 0.15) is 103 Å². The van der Waals surface area contributed by atoms with E-state index in [1.165, 1.54) is 73.4 Å². The normalized spacial score (nSPS) is 17.7. The molecule has 4 rings (SSSR count). The lowest BCUT2D eigenvalue weighted by molar-refractivity contribution is -0.122. The maximum absolute atomic E-state index is 13.3. The van der Waals surface area contributed by atoms with Crippen LogP contribution in [0.15, 0.2) is 47.5 Å². The molecule has 2 saturated heterocycles. The fourth-order valence-electron chi connectivity index (χ4n) is 5.79. The van der Waals surface area contributed by atoms with Gasteiger partial charge in [-0.15, -0.1) is 0 Å². The van der Waals surface area contributed by atoms with Crippen molar-refractivity contribution in [3.8, 4) is 0 Å². The Bertz CT molecular complexity index is 1440. The molecule has 3 amide bonds. The highest BCUT2D eigenvalue weighted by atomic mass is 35.5. The minimum Gasteiger partial charge on any atom is -0.277 e. The molecule has 2 aromatic rings. The Labute approximate surface area is 292 Å². The molecular formula is C35H42Cl4N4O3. The van der Waals surface area contributed by atoms with E-state index in [2.05, 4.69) is 29.5 Å². The molecule has 2 fully saturated rings. The molecule has 11 heteroatoms. The molecule has 0 bridgehead atoms. The van der Waals surface area contributed by atoms with Gasteiger partial charge in [-0.25, -0.2) is 10.0 Å². The number of hydrogen-bond donors (Lipinski definition) is 1. The van der Waals surface area contributed by atoms with Gasteiger partial charge in [-0.2, -0.15) is 0 Å². The van der Waals surface area contributed by atoms with Crippen molar-refractivity contribution in [2.75, 3.05) is 9.91 Å². The van der Waals surface area contributed by atoms with E-state index in [1.54, 1.807) is 18.2 Å². The first kappa shape index (κ1) is 36.3. The number of aliphatic imine (C=N–C) groups is 1. The summed E-state index contributed by atoms with van der Waals surface area (Å²) >= 11 is 25.0. The smallest absolute Gasteiger partial charge is 0.253 e. The third-order valence-electron chi connectivity index (χ3n) is 8.26. The summed E-state index contributed by atoms with van der Waals surface area (Å²) in [6, 6.07) is 7.78. The van der Waals surface area contributed by atoms with Crippen molar-refractivity contribution in [1.29, 1.82) is 0 Å². The molecule has 248 valence electrons. The molecule has 2 aliphatic rings. The van der Waals surface area contributed by atoms with E-state index in [0.717, 1.165) is 25.7 Å². The minimum atomic E-state index is -0.337. The van der Waals surface area contributed by atoms with Crippen molar-refractivity contribution in [2.24, 2.45) is 10.9 Å². The first-order chi connectivity index (χ1) is 22.2. The Balaban J connectivity index is 1.26. The molecule has 1 atom stereocenters. The molecule has 7 nitrogen and oxygen atoms in total. The van der Waals surface area contributed by atoms with Crippen LogP contribution in [0.4, 0.5) is 17.1 Å². The first-order valence-corrected chi connectivity index (χ1v) is 17.8. The van der Waals surface area contributed by atoms with Gasteiger partial charge in [0.1, 0.15) is 11.5 Å². The highest BCUT2D eigenvalue weighted by Crippen LogP contribution is 2.38. The lowest BCUT2D eigenvalue weighted by Gasteiger charge is -2.19. The van der Waals surface area contributed by atoms with Gasteiger partial charge in [0.05, 0.1) is 32.9 Å². The second-order valence-electron chi connectivity index (χ2n) is 11.9. The van der Waals surface area contributed by atoms with E-state index in [1.807, 2.05) is 0 Å². The van der Waals surface area contributed by atoms with E-state index in [-0.39, 0.29) is 52.2 Å². The van der Waals surface area contributed by atoms with Crippen molar-refractivity contribution in [3.05, 3.63) is 62.6 Å². The number of hydrogen-bond acceptors (Lipinski definition) is 4. The number of imide groups is 1. The zero-order valence-electron chi connectivity index (χ0n) is 26.3. The van der Waals surface area contributed by atoms with Crippen molar-refractivity contribution >= 4 is 87.0 Å². The molecule has 0 radical (unpaired) electrons. The van der Waals surface area contributed by atoms with Gasteiger partial charge >= 0.3 is 0 Å². The molecule has 1 N–H and O–H groups in total. The van der Waals surface area contributed by atoms with Crippen LogP contribution in [-0.2, 0) is 14.4 Å². The largest absolute Gasteiger partial charge is 0.277 e. The Kier molecular flexibility index (Phi) is 14.3. The summed E-state index contributed by atoms with van der Waals surface area (Å²) in [7, 11) is 0. The van der Waals surface area contributed by atoms with Crippen LogP contribution < -0.4 is 15.3 Å². The maximum Gasteiger partial charge on any atom is 0.253 e. The van der Waals surface area contributed by atoms with E-state index in [4.69, 9.17) is 46.4 Å². The van der Waals surface area contributed by atoms with Crippen molar-refractivity contribution < 1.29 is 14.4 Å². The fraction of sp³-hybridized carbons (Fsp3) is 0.486. The van der Waals surface area contributed by atoms with E-state index >= 15 is 0 Å². The number of hydrazine groups is 1. The van der Waals surface area contributed by atoms with Crippen LogP contribution >= 0.6 is 46.4 Å². The highest BCUT2D eigenvalue weighted by molar-refractivity contribution is 6.42. The minimum absolute atomic E-state index is 0.0616. The van der Waals surface area contributed by atoms with Gasteiger partial charge in [-0.1, -0.05) is 117 Å². The van der Waals surface area contributed by atoms with Crippen LogP contribution in [0.3, 0.4) is 0 Å². The average molecular weight is 709 g/mol. The number of amidine groups is 1. The van der Waals surface area contributed by atoms with E-state index in [9.17, 15) is 14.4 Å². The standard InChI is InChI=1S/C35H42Cl4N4O3/c1-2-3-4-5-6-7-8-9-10-11-12-13-14-15-16-24-19-32(44)42(35(24)46)26-17-18-27(37)30(22-26)40-31-23-33(45)43(41-31)34-28(38)20-25(36)21-29(34)39/h11-12,17-18,20-22,24H,2-10,13-16,19,23H2,1H3,(H,40,41)/b12-11-/t24-/m1/s1. The summed E-state index contributed by atoms with van der Waals surface area (Å²) in [5.74, 6) is -0.813. The Hall–Kier alpha value is -2.58. The van der Waals surface area contributed by atoms with Crippen LogP contribution in [0, 0.1) is 5.92 Å². The van der Waals surface area contributed by atoms with Crippen molar-refractivity contribution in [1.82, 2.24) is 5.43 Å². The zero-order valence-corrected chi connectivity index (χ0v) is 29.3. The van der Waals surface area contributed by atoms with Gasteiger partial charge in [-0.3, -0.25) is 24.7 Å². The summed E-state index contributed by atoms with van der Waals surface area (Å²) in [5.41, 5.74) is 3.89. The average Bonchev–Trinajstić information content (AvgIpc) is 3.50. The lowest BCUT2D eigenvalue weighted by Crippen LogP contribution is -2.36. The summed E-state index contributed by atoms with van der Waals surface area (Å²) in [6.07, 6.45) is 19.9. The second kappa shape index (κ2) is 18.1. The third-order valence-corrected chi connectivity index (χ3v) is 9.38. The number of nitrogens with one attached hydrogen (secondary N) is 1. The monoisotopic (exact) mass is 706 g/mol. The predicted molar refractivity (Wildman–Crippen MR) is 191 cm³/mol. The van der Waals surface area contributed by atoms with Crippen molar-refractivity contribution in [3.63, 3.8) is 0 Å². The number of halogens is 4. The van der Waals surface area contributed by atoms with Crippen LogP contribution in [0.25, 0.3) is 0 Å². The molecule has 0 saturated carbocycles. The van der Waals surface area contributed by atoms with Crippen molar-refractivity contribution in [2.45, 2.75) is 103 Å². The SMILES string of the molecule is CCCCCCCCCC/C=C\CCCC[C@@H]1CC(=O)N(c2ccc(Cl)c(N=C3CC(=O)N(c4c(Cl)cc(Cl)cc4Cl)N3)c2)C1=O. The molecule has 0 spiro atoms. The van der Waals surface area contributed by atoms with Gasteiger partial charge in [0, 0.05) is 17.4 Å². The molecule has 2 aliphatic heterocycles. The fourth-order valence-corrected chi connectivity index (χ4v) is 6.94. The van der Waals surface area contributed by atoms with Gasteiger partial charge < -0.3 is 0 Å². The predicted octanol–water partition coefficient (Wildman–Crippen LogP) is 10.8. The number of nitrogens with zero attached hydrogens (tertiary/aromatic N) is 3. The number of anilines is 2. The molecule has 2 aromatic carbocycles. The number of carbonyl (C=O) groups excluding carboxylic acids is 3. The molecular weight excluding hydrogens is 666 g/mol. The van der Waals surface area contributed by atoms with Crippen LogP contribution in [0.5, 0.6) is 0 Å². The van der Waals surface area contributed by atoms with Crippen LogP contribution in [0.2, 0.25) is 20.1 Å². The van der Waals surface area contributed by atoms with Gasteiger partial charge in [-0.05, 0) is 62.4 Å². The van der Waals surface area contributed by atoms with Gasteiger partial charge in [0.15, 0.2) is 0 Å². The lowest BCUT2D eigenvalue weighted by atomic mass is 9.99. The summed E-state index contributed by atoms with van der Waals surface area (Å²) < 4.78 is 0. The third kappa shape index (κ3) is 9.96. The topological polar surface area (TPSA) is 82.1 Å². The number of amides is 3. The molecule has 0 aromatic heterocycles. The van der Waals surface area contributed by atoms with Gasteiger partial charge in [0.2, 0.25) is 11.8 Å². The van der Waals surface area contributed by atoms with Gasteiger partial charge in [0.25, 0.3) is 5.91 Å². The highest BCUT2D eigenvalue weighted by Gasteiger charge is 2.39. The first-order valence-electron chi connectivity index (χ1n) is 16.3. The number of benzene rings is 2. The van der Waals surface area contributed by atoms with E-state index in [0.29, 0.717) is 33.7 Å². The quantitative estimate of drug-likeness (QED) is 0.101. The van der Waals surface area contributed by atoms with E-state index < -0.39 is 0 Å².